The summed E-state index contributed by atoms with van der Waals surface area (Å²) in [6.45, 7) is 1.97. The van der Waals surface area contributed by atoms with Gasteiger partial charge in [-0.25, -0.2) is 0 Å². The van der Waals surface area contributed by atoms with Crippen molar-refractivity contribution < 1.29 is 0 Å². The second kappa shape index (κ2) is 6.14. The molecule has 5 heteroatoms. The monoisotopic (exact) mass is 265 g/mol. The molecule has 0 spiro atoms. The second-order valence-corrected chi connectivity index (χ2v) is 6.26. The highest BCUT2D eigenvalue weighted by Crippen LogP contribution is 2.24. The van der Waals surface area contributed by atoms with E-state index < -0.39 is 0 Å². The summed E-state index contributed by atoms with van der Waals surface area (Å²) in [5, 5.41) is 9.08. The molecule has 2 N–H and O–H groups in total. The summed E-state index contributed by atoms with van der Waals surface area (Å²) in [7, 11) is 0. The van der Waals surface area contributed by atoms with Crippen molar-refractivity contribution in [1.82, 2.24) is 10.2 Å². The lowest BCUT2D eigenvalue weighted by Crippen LogP contribution is -2.10. The number of nitrogens with zero attached hydrogens (tertiary/aromatic N) is 2. The molecule has 0 saturated carbocycles. The summed E-state index contributed by atoms with van der Waals surface area (Å²) >= 11 is 3.36. The van der Waals surface area contributed by atoms with Crippen LogP contribution in [0.25, 0.3) is 0 Å². The Hall–Kier alpha value is -0.910. The molecule has 1 aromatic carbocycles. The number of aryl methyl sites for hydroxylation is 1. The lowest BCUT2D eigenvalue weighted by molar-refractivity contribution is 0.705. The van der Waals surface area contributed by atoms with E-state index in [-0.39, 0.29) is 6.04 Å². The Morgan fingerprint density at radius 1 is 1.29 bits per heavy atom. The van der Waals surface area contributed by atoms with Gasteiger partial charge in [0.1, 0.15) is 5.01 Å². The highest BCUT2D eigenvalue weighted by atomic mass is 32.2. The van der Waals surface area contributed by atoms with Gasteiger partial charge in [0.05, 0.1) is 0 Å². The predicted octanol–water partition coefficient (Wildman–Crippen LogP) is 3.03. The molecule has 2 rings (SSSR count). The van der Waals surface area contributed by atoms with Crippen LogP contribution in [-0.4, -0.2) is 16.0 Å². The minimum Gasteiger partial charge on any atom is -0.324 e. The van der Waals surface area contributed by atoms with Crippen LogP contribution in [0, 0.1) is 6.92 Å². The Kier molecular flexibility index (Phi) is 4.53. The van der Waals surface area contributed by atoms with E-state index in [4.69, 9.17) is 5.73 Å². The quantitative estimate of drug-likeness (QED) is 0.844. The Balaban J connectivity index is 1.79. The molecule has 2 aromatic rings. The van der Waals surface area contributed by atoms with Gasteiger partial charge >= 0.3 is 0 Å². The van der Waals surface area contributed by atoms with Crippen LogP contribution in [-0.2, 0) is 0 Å². The molecule has 0 amide bonds. The second-order valence-electron chi connectivity index (χ2n) is 3.74. The van der Waals surface area contributed by atoms with Gasteiger partial charge in [-0.05, 0) is 18.9 Å². The number of hydrogen-bond donors (Lipinski definition) is 1. The fourth-order valence-electron chi connectivity index (χ4n) is 1.48. The smallest absolute Gasteiger partial charge is 0.174 e. The van der Waals surface area contributed by atoms with Gasteiger partial charge in [-0.1, -0.05) is 53.4 Å². The maximum Gasteiger partial charge on any atom is 0.174 e. The van der Waals surface area contributed by atoms with Gasteiger partial charge in [0.15, 0.2) is 4.34 Å². The number of hydrogen-bond acceptors (Lipinski definition) is 5. The van der Waals surface area contributed by atoms with Crippen molar-refractivity contribution in [2.75, 3.05) is 5.75 Å². The zero-order valence-corrected chi connectivity index (χ0v) is 11.3. The van der Waals surface area contributed by atoms with E-state index in [1.165, 1.54) is 5.56 Å². The van der Waals surface area contributed by atoms with Crippen molar-refractivity contribution in [3.05, 3.63) is 40.9 Å². The van der Waals surface area contributed by atoms with Crippen molar-refractivity contribution in [3.63, 3.8) is 0 Å². The van der Waals surface area contributed by atoms with Crippen LogP contribution in [0.2, 0.25) is 0 Å². The van der Waals surface area contributed by atoms with Gasteiger partial charge in [-0.2, -0.15) is 0 Å². The number of rotatable bonds is 5. The Morgan fingerprint density at radius 3 is 2.71 bits per heavy atom. The molecule has 0 unspecified atom stereocenters. The summed E-state index contributed by atoms with van der Waals surface area (Å²) in [4.78, 5) is 0. The Bertz CT molecular complexity index is 456. The van der Waals surface area contributed by atoms with Crippen LogP contribution < -0.4 is 5.73 Å². The van der Waals surface area contributed by atoms with Crippen molar-refractivity contribution in [3.8, 4) is 0 Å². The van der Waals surface area contributed by atoms with E-state index in [1.54, 1.807) is 23.1 Å². The first-order valence-corrected chi connectivity index (χ1v) is 7.29. The number of nitrogens with two attached hydrogens (primary N) is 1. The third-order valence-electron chi connectivity index (χ3n) is 2.39. The average Bonchev–Trinajstić information content (AvgIpc) is 2.76. The van der Waals surface area contributed by atoms with Crippen LogP contribution in [0.15, 0.2) is 34.7 Å². The molecule has 17 heavy (non-hydrogen) atoms. The lowest BCUT2D eigenvalue weighted by Gasteiger charge is -2.10. The first-order valence-electron chi connectivity index (χ1n) is 5.49. The summed E-state index contributed by atoms with van der Waals surface area (Å²) < 4.78 is 1.03. The normalized spacial score (nSPS) is 12.6. The van der Waals surface area contributed by atoms with Gasteiger partial charge in [-0.3, -0.25) is 0 Å². The van der Waals surface area contributed by atoms with Crippen molar-refractivity contribution in [2.24, 2.45) is 5.73 Å². The van der Waals surface area contributed by atoms with E-state index >= 15 is 0 Å². The van der Waals surface area contributed by atoms with E-state index in [0.29, 0.717) is 0 Å². The van der Waals surface area contributed by atoms with E-state index in [0.717, 1.165) is 21.5 Å². The third-order valence-corrected chi connectivity index (χ3v) is 4.39. The highest BCUT2D eigenvalue weighted by molar-refractivity contribution is 8.01. The standard InChI is InChI=1S/C12H15N3S2/c1-9-14-15-12(17-9)16-8-7-11(13)10-5-3-2-4-6-10/h2-6,11H,7-8,13H2,1H3/t11-/m1/s1. The molecule has 0 aliphatic rings. The van der Waals surface area contributed by atoms with Crippen molar-refractivity contribution >= 4 is 23.1 Å². The van der Waals surface area contributed by atoms with Crippen molar-refractivity contribution in [2.45, 2.75) is 23.7 Å². The van der Waals surface area contributed by atoms with Crippen LogP contribution in [0.1, 0.15) is 23.0 Å². The van der Waals surface area contributed by atoms with Gasteiger partial charge in [0, 0.05) is 11.8 Å². The van der Waals surface area contributed by atoms with Gasteiger partial charge < -0.3 is 5.73 Å². The Morgan fingerprint density at radius 2 is 2.06 bits per heavy atom. The molecule has 0 saturated heterocycles. The summed E-state index contributed by atoms with van der Waals surface area (Å²) in [6, 6.07) is 10.3. The minimum absolute atomic E-state index is 0.109. The predicted molar refractivity (Wildman–Crippen MR) is 73.4 cm³/mol. The first-order chi connectivity index (χ1) is 8.25. The zero-order chi connectivity index (χ0) is 12.1. The maximum atomic E-state index is 6.12. The lowest BCUT2D eigenvalue weighted by atomic mass is 10.1. The van der Waals surface area contributed by atoms with E-state index in [9.17, 15) is 0 Å². The fourth-order valence-corrected chi connectivity index (χ4v) is 3.39. The molecule has 1 aromatic heterocycles. The van der Waals surface area contributed by atoms with Gasteiger partial charge in [0.25, 0.3) is 0 Å². The average molecular weight is 265 g/mol. The molecular weight excluding hydrogens is 250 g/mol. The maximum absolute atomic E-state index is 6.12. The molecule has 0 radical (unpaired) electrons. The molecule has 1 atom stereocenters. The van der Waals surface area contributed by atoms with Gasteiger partial charge in [0.2, 0.25) is 0 Å². The number of thioether (sulfide) groups is 1. The number of aromatic nitrogens is 2. The third kappa shape index (κ3) is 3.80. The van der Waals surface area contributed by atoms with Crippen LogP contribution in [0.5, 0.6) is 0 Å². The van der Waals surface area contributed by atoms with Crippen LogP contribution in [0.3, 0.4) is 0 Å². The molecule has 0 bridgehead atoms. The fraction of sp³-hybridized carbons (Fsp3) is 0.333. The largest absolute Gasteiger partial charge is 0.324 e. The molecule has 1 heterocycles. The zero-order valence-electron chi connectivity index (χ0n) is 9.67. The minimum atomic E-state index is 0.109. The summed E-state index contributed by atoms with van der Waals surface area (Å²) in [5.74, 6) is 0.977. The molecule has 0 aliphatic heterocycles. The van der Waals surface area contributed by atoms with E-state index in [2.05, 4.69) is 22.3 Å². The molecule has 0 fully saturated rings. The summed E-state index contributed by atoms with van der Waals surface area (Å²) in [6.07, 6.45) is 0.952. The molecule has 3 nitrogen and oxygen atoms in total. The first kappa shape index (κ1) is 12.5. The topological polar surface area (TPSA) is 51.8 Å². The van der Waals surface area contributed by atoms with Gasteiger partial charge in [-0.15, -0.1) is 10.2 Å². The Labute approximate surface area is 109 Å². The molecular formula is C12H15N3S2. The van der Waals surface area contributed by atoms with Crippen molar-refractivity contribution in [1.29, 1.82) is 0 Å². The van der Waals surface area contributed by atoms with E-state index in [1.807, 2.05) is 25.1 Å². The summed E-state index contributed by atoms with van der Waals surface area (Å²) in [5.41, 5.74) is 7.31. The highest BCUT2D eigenvalue weighted by Gasteiger charge is 2.06. The number of benzene rings is 1. The van der Waals surface area contributed by atoms with Crippen LogP contribution >= 0.6 is 23.1 Å². The molecule has 0 aliphatic carbocycles. The molecule has 90 valence electrons. The van der Waals surface area contributed by atoms with Crippen LogP contribution in [0.4, 0.5) is 0 Å². The SMILES string of the molecule is Cc1nnc(SCC[C@@H](N)c2ccccc2)s1.